The van der Waals surface area contributed by atoms with Crippen LogP contribution in [0.1, 0.15) is 113 Å². The van der Waals surface area contributed by atoms with Crippen LogP contribution in [0, 0.1) is 11.8 Å². The Hall–Kier alpha value is -1.47. The molecule has 1 N–H and O–H groups in total. The van der Waals surface area contributed by atoms with Crippen LogP contribution in [0.2, 0.25) is 0 Å². The molecule has 4 rings (SSSR count). The van der Waals surface area contributed by atoms with Crippen molar-refractivity contribution in [3.8, 4) is 0 Å². The largest absolute Gasteiger partial charge is 0.390 e. The molecule has 0 aromatic heterocycles. The van der Waals surface area contributed by atoms with E-state index >= 15 is 0 Å². The summed E-state index contributed by atoms with van der Waals surface area (Å²) in [5.74, 6) is 1.38. The second-order valence-electron chi connectivity index (χ2n) is 16.2. The van der Waals surface area contributed by atoms with E-state index in [0.717, 1.165) is 39.0 Å². The molecule has 2 aliphatic heterocycles. The summed E-state index contributed by atoms with van der Waals surface area (Å²) in [6.07, 6.45) is 5.80. The Morgan fingerprint density at radius 1 is 0.646 bits per heavy atom. The van der Waals surface area contributed by atoms with Crippen LogP contribution in [0.5, 0.6) is 0 Å². The molecule has 2 unspecified atom stereocenters. The molecule has 6 atom stereocenters. The van der Waals surface area contributed by atoms with Gasteiger partial charge in [-0.15, -0.1) is 12.4 Å². The molecule has 0 saturated carbocycles. The first-order valence-corrected chi connectivity index (χ1v) is 18.6. The van der Waals surface area contributed by atoms with Gasteiger partial charge < -0.3 is 14.6 Å². The standard InChI is InChI=1S/C21H35NO.C16H25NO.C5H12O.ClH/c1-7-21(5,6)20-10-8-19(9-11-20)12-16(2)13-22-14-17(3)23-18(4)15-22;1-13(9-16-7-5-4-6-8-16)10-17-11-14(2)18-15(3)12-17;1-4-5(2,3)6;/h8-11,16-18H,7,12-15H2,1-6H3;4-8,13-15H,9-12H2,1-3H3;6H,4H2,1-3H3;1H/t16?,17-,18+;13?,14-,15+;;. The van der Waals surface area contributed by atoms with Crippen molar-refractivity contribution in [1.29, 1.82) is 0 Å². The molecule has 5 nitrogen and oxygen atoms in total. The number of ether oxygens (including phenoxy) is 2. The summed E-state index contributed by atoms with van der Waals surface area (Å²) >= 11 is 0. The van der Waals surface area contributed by atoms with Gasteiger partial charge in [-0.2, -0.15) is 0 Å². The van der Waals surface area contributed by atoms with Gasteiger partial charge in [0.15, 0.2) is 0 Å². The third-order valence-corrected chi connectivity index (χ3v) is 9.63. The first-order chi connectivity index (χ1) is 22.0. The smallest absolute Gasteiger partial charge is 0.0678 e. The van der Waals surface area contributed by atoms with Crippen molar-refractivity contribution >= 4 is 12.4 Å². The summed E-state index contributed by atoms with van der Waals surface area (Å²) in [4.78, 5) is 5.12. The predicted octanol–water partition coefficient (Wildman–Crippen LogP) is 9.23. The molecule has 2 fully saturated rings. The second-order valence-corrected chi connectivity index (χ2v) is 16.2. The lowest BCUT2D eigenvalue weighted by Crippen LogP contribution is -2.47. The Bertz CT molecular complexity index is 1080. The van der Waals surface area contributed by atoms with Gasteiger partial charge in [0.25, 0.3) is 0 Å². The SMILES string of the molecule is CC(Cc1ccccc1)CN1C[C@@H](C)O[C@@H](C)C1.CCC(C)(C)O.CCC(C)(C)c1ccc(CC(C)CN2C[C@@H](C)O[C@@H](C)C2)cc1.Cl. The zero-order valence-corrected chi connectivity index (χ0v) is 33.6. The minimum atomic E-state index is -0.458. The number of nitrogens with zero attached hydrogens (tertiary/aromatic N) is 2. The van der Waals surface area contributed by atoms with Crippen molar-refractivity contribution < 1.29 is 14.6 Å². The van der Waals surface area contributed by atoms with E-state index in [1.54, 1.807) is 13.8 Å². The minimum Gasteiger partial charge on any atom is -0.390 e. The average molecular weight is 690 g/mol. The van der Waals surface area contributed by atoms with Crippen LogP contribution >= 0.6 is 12.4 Å². The molecule has 6 heteroatoms. The van der Waals surface area contributed by atoms with E-state index in [2.05, 4.69) is 127 Å². The zero-order valence-electron chi connectivity index (χ0n) is 32.8. The minimum absolute atomic E-state index is 0. The maximum absolute atomic E-state index is 8.83. The van der Waals surface area contributed by atoms with E-state index < -0.39 is 5.60 Å². The highest BCUT2D eigenvalue weighted by atomic mass is 35.5. The number of hydrogen-bond acceptors (Lipinski definition) is 5. The molecular weight excluding hydrogens is 616 g/mol. The highest BCUT2D eigenvalue weighted by molar-refractivity contribution is 5.85. The van der Waals surface area contributed by atoms with Crippen LogP contribution in [-0.2, 0) is 27.7 Å². The predicted molar refractivity (Wildman–Crippen MR) is 209 cm³/mol. The van der Waals surface area contributed by atoms with Crippen LogP contribution in [0.3, 0.4) is 0 Å². The van der Waals surface area contributed by atoms with Gasteiger partial charge in [-0.25, -0.2) is 0 Å². The molecule has 2 aliphatic rings. The number of halogens is 1. The molecule has 48 heavy (non-hydrogen) atoms. The van der Waals surface area contributed by atoms with Crippen LogP contribution in [0.15, 0.2) is 54.6 Å². The van der Waals surface area contributed by atoms with Crippen LogP contribution in [-0.4, -0.2) is 84.2 Å². The third kappa shape index (κ3) is 18.0. The van der Waals surface area contributed by atoms with Gasteiger partial charge in [0.1, 0.15) is 0 Å². The molecule has 276 valence electrons. The van der Waals surface area contributed by atoms with Gasteiger partial charge in [0.05, 0.1) is 30.0 Å². The molecule has 2 saturated heterocycles. The monoisotopic (exact) mass is 689 g/mol. The van der Waals surface area contributed by atoms with Gasteiger partial charge in [-0.05, 0) is 101 Å². The van der Waals surface area contributed by atoms with Gasteiger partial charge in [-0.3, -0.25) is 9.80 Å². The van der Waals surface area contributed by atoms with Crippen LogP contribution in [0.4, 0.5) is 0 Å². The fourth-order valence-corrected chi connectivity index (χ4v) is 6.59. The molecule has 0 amide bonds. The molecular formula is C42H73ClN2O3. The summed E-state index contributed by atoms with van der Waals surface area (Å²) in [6.45, 7) is 32.5. The Labute approximate surface area is 302 Å². The van der Waals surface area contributed by atoms with Gasteiger partial charge in [0.2, 0.25) is 0 Å². The highest BCUT2D eigenvalue weighted by Crippen LogP contribution is 2.27. The summed E-state index contributed by atoms with van der Waals surface area (Å²) < 4.78 is 11.6. The highest BCUT2D eigenvalue weighted by Gasteiger charge is 2.24. The summed E-state index contributed by atoms with van der Waals surface area (Å²) in [5.41, 5.74) is 4.18. The lowest BCUT2D eigenvalue weighted by atomic mass is 9.82. The normalized spacial score (nSPS) is 23.4. The fraction of sp³-hybridized carbons (Fsp3) is 0.714. The van der Waals surface area contributed by atoms with Gasteiger partial charge in [-0.1, -0.05) is 96.1 Å². The van der Waals surface area contributed by atoms with Crippen molar-refractivity contribution in [1.82, 2.24) is 9.80 Å². The van der Waals surface area contributed by atoms with Crippen molar-refractivity contribution in [3.63, 3.8) is 0 Å². The Kier molecular flexibility index (Phi) is 20.1. The lowest BCUT2D eigenvalue weighted by Gasteiger charge is -2.36. The molecule has 2 heterocycles. The van der Waals surface area contributed by atoms with E-state index in [9.17, 15) is 0 Å². The van der Waals surface area contributed by atoms with Crippen LogP contribution < -0.4 is 0 Å². The zero-order chi connectivity index (χ0) is 35.2. The van der Waals surface area contributed by atoms with E-state index in [1.165, 1.54) is 42.6 Å². The van der Waals surface area contributed by atoms with Gasteiger partial charge in [0, 0.05) is 39.3 Å². The summed E-state index contributed by atoms with van der Waals surface area (Å²) in [7, 11) is 0. The Morgan fingerprint density at radius 2 is 1.00 bits per heavy atom. The number of aliphatic hydroxyl groups is 1. The molecule has 2 aromatic carbocycles. The Morgan fingerprint density at radius 3 is 1.33 bits per heavy atom. The maximum Gasteiger partial charge on any atom is 0.0678 e. The number of hydrogen-bond donors (Lipinski definition) is 1. The molecule has 0 radical (unpaired) electrons. The first-order valence-electron chi connectivity index (χ1n) is 18.6. The van der Waals surface area contributed by atoms with E-state index in [1.807, 2.05) is 6.92 Å². The third-order valence-electron chi connectivity index (χ3n) is 9.63. The first kappa shape index (κ1) is 44.6. The molecule has 0 aliphatic carbocycles. The number of morpholine rings is 2. The van der Waals surface area contributed by atoms with E-state index in [-0.39, 0.29) is 17.8 Å². The topological polar surface area (TPSA) is 45.2 Å². The van der Waals surface area contributed by atoms with Crippen molar-refractivity contribution in [2.75, 3.05) is 39.3 Å². The quantitative estimate of drug-likeness (QED) is 0.255. The van der Waals surface area contributed by atoms with E-state index in [0.29, 0.717) is 36.3 Å². The Balaban J connectivity index is 0.000000411. The lowest BCUT2D eigenvalue weighted by molar-refractivity contribution is -0.0711. The fourth-order valence-electron chi connectivity index (χ4n) is 6.59. The molecule has 0 bridgehead atoms. The van der Waals surface area contributed by atoms with Crippen LogP contribution in [0.25, 0.3) is 0 Å². The van der Waals surface area contributed by atoms with Gasteiger partial charge >= 0.3 is 0 Å². The van der Waals surface area contributed by atoms with Crippen molar-refractivity contribution in [2.45, 2.75) is 144 Å². The summed E-state index contributed by atoms with van der Waals surface area (Å²) in [5, 5.41) is 8.83. The summed E-state index contributed by atoms with van der Waals surface area (Å²) in [6, 6.07) is 20.1. The molecule has 0 spiro atoms. The van der Waals surface area contributed by atoms with Crippen molar-refractivity contribution in [3.05, 3.63) is 71.3 Å². The average Bonchev–Trinajstić information content (AvgIpc) is 2.97. The van der Waals surface area contributed by atoms with E-state index in [4.69, 9.17) is 14.6 Å². The van der Waals surface area contributed by atoms with Crippen molar-refractivity contribution in [2.24, 2.45) is 11.8 Å². The maximum atomic E-state index is 8.83. The molecule has 2 aromatic rings. The number of rotatable bonds is 11. The number of benzene rings is 2. The second kappa shape index (κ2) is 21.7.